The first kappa shape index (κ1) is 49.0. The molecule has 0 amide bonds. The first-order valence-electron chi connectivity index (χ1n) is 21.6. The van der Waals surface area contributed by atoms with Gasteiger partial charge in [0.15, 0.2) is 23.1 Å². The van der Waals surface area contributed by atoms with E-state index in [1.165, 1.54) is 30.4 Å². The van der Waals surface area contributed by atoms with Gasteiger partial charge in [0.1, 0.15) is 11.5 Å². The summed E-state index contributed by atoms with van der Waals surface area (Å²) >= 11 is 0. The summed E-state index contributed by atoms with van der Waals surface area (Å²) in [6.07, 6.45) is 22.5. The highest BCUT2D eigenvalue weighted by atomic mass is 16.5. The van der Waals surface area contributed by atoms with Gasteiger partial charge in [0.05, 0.1) is 32.3 Å². The lowest BCUT2D eigenvalue weighted by Crippen LogP contribution is -2.41. The van der Waals surface area contributed by atoms with Crippen LogP contribution in [-0.2, 0) is 28.7 Å². The largest absolute Gasteiger partial charge is 0.494 e. The predicted molar refractivity (Wildman–Crippen MR) is 233 cm³/mol. The second-order valence-electron chi connectivity index (χ2n) is 15.7. The van der Waals surface area contributed by atoms with Crippen molar-refractivity contribution in [3.63, 3.8) is 0 Å². The molecule has 0 aromatic heterocycles. The van der Waals surface area contributed by atoms with Crippen LogP contribution in [0.25, 0.3) is 0 Å². The Labute approximate surface area is 356 Å². The average Bonchev–Trinajstić information content (AvgIpc) is 3.25. The molecule has 0 unspecified atom stereocenters. The van der Waals surface area contributed by atoms with E-state index in [0.29, 0.717) is 49.1 Å². The van der Waals surface area contributed by atoms with E-state index >= 15 is 0 Å². The van der Waals surface area contributed by atoms with Gasteiger partial charge in [0.25, 0.3) is 0 Å². The average molecular weight is 825 g/mol. The number of esters is 2. The van der Waals surface area contributed by atoms with E-state index in [-0.39, 0.29) is 23.3 Å². The van der Waals surface area contributed by atoms with Crippen molar-refractivity contribution in [1.82, 2.24) is 0 Å². The molecule has 0 heterocycles. The molecule has 1 aliphatic carbocycles. The van der Waals surface area contributed by atoms with Crippen molar-refractivity contribution >= 4 is 35.1 Å². The van der Waals surface area contributed by atoms with Gasteiger partial charge in [-0.25, -0.2) is 9.59 Å². The molecular weight excluding hydrogens is 761 g/mol. The molecule has 2 aromatic carbocycles. The first-order valence-corrected chi connectivity index (χ1v) is 21.6. The summed E-state index contributed by atoms with van der Waals surface area (Å²) in [6, 6.07) is 13.4. The lowest BCUT2D eigenvalue weighted by molar-refractivity contribution is -0.138. The number of hydrogen-bond donors (Lipinski definition) is 0. The molecule has 0 radical (unpaired) electrons. The van der Waals surface area contributed by atoms with E-state index in [9.17, 15) is 28.8 Å². The van der Waals surface area contributed by atoms with E-state index in [4.69, 9.17) is 18.9 Å². The Hall–Kier alpha value is -5.38. The zero-order chi connectivity index (χ0) is 43.6. The summed E-state index contributed by atoms with van der Waals surface area (Å²) in [6.45, 7) is 12.0. The number of rotatable bonds is 32. The molecule has 0 saturated carbocycles. The Bertz CT molecular complexity index is 1680. The topological polar surface area (TPSA) is 139 Å². The number of carbonyl (C=O) groups excluding carboxylic acids is 6. The fourth-order valence-electron chi connectivity index (χ4n) is 7.08. The molecular formula is C50H64O10. The zero-order valence-electron chi connectivity index (χ0n) is 35.7. The number of allylic oxidation sites excluding steroid dienone is 4. The second kappa shape index (κ2) is 27.4. The molecule has 0 fully saturated rings. The van der Waals surface area contributed by atoms with Crippen molar-refractivity contribution in [2.45, 2.75) is 117 Å². The molecule has 3 rings (SSSR count). The molecule has 0 atom stereocenters. The minimum atomic E-state index is -1.31. The number of benzene rings is 2. The maximum atomic E-state index is 14.3. The predicted octanol–water partition coefficient (Wildman–Crippen LogP) is 10.5. The minimum Gasteiger partial charge on any atom is -0.494 e. The Kier molecular flexibility index (Phi) is 22.4. The van der Waals surface area contributed by atoms with E-state index in [1.807, 2.05) is 0 Å². The smallest absolute Gasteiger partial charge is 0.330 e. The summed E-state index contributed by atoms with van der Waals surface area (Å²) in [5.74, 6) is -2.53. The minimum absolute atomic E-state index is 0.111. The Morgan fingerprint density at radius 2 is 0.883 bits per heavy atom. The third-order valence-electron chi connectivity index (χ3n) is 10.6. The highest BCUT2D eigenvalue weighted by Gasteiger charge is 2.46. The third kappa shape index (κ3) is 17.5. The highest BCUT2D eigenvalue weighted by molar-refractivity contribution is 6.21. The quantitative estimate of drug-likeness (QED) is 0.0175. The van der Waals surface area contributed by atoms with Crippen molar-refractivity contribution < 1.29 is 47.7 Å². The van der Waals surface area contributed by atoms with E-state index in [1.54, 1.807) is 62.4 Å². The molecule has 10 heteroatoms. The summed E-state index contributed by atoms with van der Waals surface area (Å²) in [5.41, 5.74) is -0.606. The van der Waals surface area contributed by atoms with Crippen LogP contribution in [0.3, 0.4) is 0 Å². The molecule has 10 nitrogen and oxygen atoms in total. The Balaban J connectivity index is 1.50. The van der Waals surface area contributed by atoms with Gasteiger partial charge >= 0.3 is 11.9 Å². The SMILES string of the molecule is C=CC(=O)OCCCCCCCCCCOc1ccc(C(=O)C(C(=O)c2ccc(OCCCCCCCCCCOC(=O)C=C)cc2)C(C)(C)C2=CC(=O)C=CC2=O)cc1. The van der Waals surface area contributed by atoms with Gasteiger partial charge in [-0.2, -0.15) is 0 Å². The van der Waals surface area contributed by atoms with Crippen LogP contribution in [0, 0.1) is 11.3 Å². The fraction of sp³-hybridized carbons (Fsp3) is 0.480. The number of Topliss-reactive ketones (excluding diaryl/α,β-unsaturated/α-hetero) is 2. The first-order chi connectivity index (χ1) is 29.0. The molecule has 2 aromatic rings. The molecule has 0 bridgehead atoms. The third-order valence-corrected chi connectivity index (χ3v) is 10.6. The van der Waals surface area contributed by atoms with Gasteiger partial charge in [-0.3, -0.25) is 19.2 Å². The Morgan fingerprint density at radius 1 is 0.533 bits per heavy atom. The lowest BCUT2D eigenvalue weighted by Gasteiger charge is -2.34. The fourth-order valence-corrected chi connectivity index (χ4v) is 7.08. The summed E-state index contributed by atoms with van der Waals surface area (Å²) < 4.78 is 21.9. The number of ketones is 4. The van der Waals surface area contributed by atoms with Crippen LogP contribution in [0.2, 0.25) is 0 Å². The van der Waals surface area contributed by atoms with Crippen molar-refractivity contribution in [2.24, 2.45) is 11.3 Å². The van der Waals surface area contributed by atoms with E-state index in [0.717, 1.165) is 103 Å². The highest BCUT2D eigenvalue weighted by Crippen LogP contribution is 2.41. The molecule has 0 aliphatic heterocycles. The number of hydrogen-bond acceptors (Lipinski definition) is 10. The number of ether oxygens (including phenoxy) is 4. The standard InChI is InChI=1S/C50H64O10/c1-5-45(53)59-35-21-17-13-9-7-11-15-19-33-57-41-28-23-38(24-29-41)48(55)47(50(3,4)43-37-40(51)27-32-44(43)52)49(56)39-25-30-42(31-26-39)58-34-20-16-12-8-10-14-18-22-36-60-46(54)6-2/h5-6,23-32,37,47H,1-2,7-22,33-36H2,3-4H3. The molecule has 0 saturated heterocycles. The zero-order valence-corrected chi connectivity index (χ0v) is 35.7. The molecule has 60 heavy (non-hydrogen) atoms. The van der Waals surface area contributed by atoms with Crippen LogP contribution in [0.4, 0.5) is 0 Å². The van der Waals surface area contributed by atoms with Gasteiger partial charge in [-0.1, -0.05) is 104 Å². The number of carbonyl (C=O) groups is 6. The Morgan fingerprint density at radius 3 is 1.25 bits per heavy atom. The maximum absolute atomic E-state index is 14.3. The van der Waals surface area contributed by atoms with Crippen molar-refractivity contribution in [3.05, 3.63) is 109 Å². The molecule has 324 valence electrons. The van der Waals surface area contributed by atoms with Crippen LogP contribution in [0.5, 0.6) is 11.5 Å². The molecule has 0 N–H and O–H groups in total. The van der Waals surface area contributed by atoms with Crippen LogP contribution in [0.1, 0.15) is 137 Å². The van der Waals surface area contributed by atoms with Gasteiger partial charge in [-0.15, -0.1) is 0 Å². The normalized spacial score (nSPS) is 12.5. The summed E-state index contributed by atoms with van der Waals surface area (Å²) in [7, 11) is 0. The lowest BCUT2D eigenvalue weighted by atomic mass is 9.65. The summed E-state index contributed by atoms with van der Waals surface area (Å²) in [4.78, 5) is 76.2. The van der Waals surface area contributed by atoms with Crippen LogP contribution >= 0.6 is 0 Å². The number of unbranched alkanes of at least 4 members (excludes halogenated alkanes) is 14. The van der Waals surface area contributed by atoms with Gasteiger partial charge in [0.2, 0.25) is 0 Å². The summed E-state index contributed by atoms with van der Waals surface area (Å²) in [5, 5.41) is 0. The van der Waals surface area contributed by atoms with Gasteiger partial charge in [0, 0.05) is 34.3 Å². The van der Waals surface area contributed by atoms with E-state index < -0.39 is 28.7 Å². The monoisotopic (exact) mass is 824 g/mol. The van der Waals surface area contributed by atoms with Crippen LogP contribution < -0.4 is 9.47 Å². The van der Waals surface area contributed by atoms with Gasteiger partial charge in [-0.05, 0) is 92.4 Å². The van der Waals surface area contributed by atoms with Crippen LogP contribution in [0.15, 0.2) is 97.6 Å². The second-order valence-corrected chi connectivity index (χ2v) is 15.7. The van der Waals surface area contributed by atoms with Crippen molar-refractivity contribution in [3.8, 4) is 11.5 Å². The van der Waals surface area contributed by atoms with Gasteiger partial charge < -0.3 is 18.9 Å². The van der Waals surface area contributed by atoms with Crippen molar-refractivity contribution in [2.75, 3.05) is 26.4 Å². The maximum Gasteiger partial charge on any atom is 0.330 e. The van der Waals surface area contributed by atoms with Crippen LogP contribution in [-0.4, -0.2) is 61.5 Å². The van der Waals surface area contributed by atoms with E-state index in [2.05, 4.69) is 13.2 Å². The molecule has 1 aliphatic rings. The van der Waals surface area contributed by atoms with Crippen molar-refractivity contribution in [1.29, 1.82) is 0 Å². The molecule has 0 spiro atoms.